The molecule has 1 N–H and O–H groups in total. The number of rotatable bonds is 12. The summed E-state index contributed by atoms with van der Waals surface area (Å²) >= 11 is 10.0. The second kappa shape index (κ2) is 16.2. The molecule has 4 aromatic carbocycles. The van der Waals surface area contributed by atoms with E-state index in [0.29, 0.717) is 5.02 Å². The Morgan fingerprint density at radius 2 is 1.56 bits per heavy atom. The largest absolute Gasteiger partial charge is 0.352 e. The normalized spacial score (nSPS) is 14.2. The number of hydrogen-bond donors (Lipinski definition) is 1. The van der Waals surface area contributed by atoms with Crippen LogP contribution in [-0.4, -0.2) is 43.8 Å². The van der Waals surface area contributed by atoms with Gasteiger partial charge in [0.15, 0.2) is 0 Å². The first-order valence-electron chi connectivity index (χ1n) is 16.2. The first kappa shape index (κ1) is 35.6. The summed E-state index contributed by atoms with van der Waals surface area (Å²) in [4.78, 5) is 30.5. The van der Waals surface area contributed by atoms with Crippen LogP contribution in [-0.2, 0) is 32.6 Å². The highest BCUT2D eigenvalue weighted by molar-refractivity contribution is 9.10. The summed E-state index contributed by atoms with van der Waals surface area (Å²) in [6, 6.07) is 27.7. The number of halogens is 2. The van der Waals surface area contributed by atoms with Crippen LogP contribution in [0.5, 0.6) is 0 Å². The van der Waals surface area contributed by atoms with Gasteiger partial charge >= 0.3 is 0 Å². The Labute approximate surface area is 297 Å². The van der Waals surface area contributed by atoms with Gasteiger partial charge in [-0.05, 0) is 79.8 Å². The van der Waals surface area contributed by atoms with E-state index in [9.17, 15) is 18.0 Å². The number of aryl methyl sites for hydroxylation is 2. The standard InChI is InChI=1S/C38H41BrClN3O4S/c1-27-16-20-34(21-17-27)48(46,47)43(33-19-18-28(2)35(40)24-33)26-37(44)42(25-30-12-9-13-31(39)22-30)36(23-29-10-5-3-6-11-29)38(45)41-32-14-7-4-8-15-32/h3,5-6,9-13,16-22,24,32,36H,4,7-8,14-15,23,25-26H2,1-2H3,(H,41,45). The summed E-state index contributed by atoms with van der Waals surface area (Å²) in [6.07, 6.45) is 5.27. The molecule has 10 heteroatoms. The molecule has 1 aliphatic carbocycles. The average Bonchev–Trinajstić information content (AvgIpc) is 3.07. The average molecular weight is 751 g/mol. The van der Waals surface area contributed by atoms with Crippen molar-refractivity contribution < 1.29 is 18.0 Å². The van der Waals surface area contributed by atoms with E-state index in [1.54, 1.807) is 30.3 Å². The van der Waals surface area contributed by atoms with Crippen molar-refractivity contribution in [3.63, 3.8) is 0 Å². The lowest BCUT2D eigenvalue weighted by atomic mass is 9.94. The maximum atomic E-state index is 14.7. The molecule has 0 radical (unpaired) electrons. The first-order chi connectivity index (χ1) is 23.0. The minimum absolute atomic E-state index is 0.0282. The lowest BCUT2D eigenvalue weighted by Crippen LogP contribution is -2.55. The summed E-state index contributed by atoms with van der Waals surface area (Å²) in [5.74, 6) is -0.762. The summed E-state index contributed by atoms with van der Waals surface area (Å²) in [5, 5.41) is 3.62. The zero-order valence-corrected chi connectivity index (χ0v) is 30.4. The van der Waals surface area contributed by atoms with Crippen molar-refractivity contribution in [2.24, 2.45) is 0 Å². The second-order valence-corrected chi connectivity index (χ2v) is 15.6. The summed E-state index contributed by atoms with van der Waals surface area (Å²) in [5.41, 5.74) is 3.63. The van der Waals surface area contributed by atoms with E-state index in [0.717, 1.165) is 63.1 Å². The number of nitrogens with one attached hydrogen (secondary N) is 1. The van der Waals surface area contributed by atoms with Crippen molar-refractivity contribution in [2.45, 2.75) is 75.9 Å². The SMILES string of the molecule is Cc1ccc(S(=O)(=O)N(CC(=O)N(Cc2cccc(Br)c2)C(Cc2ccccc2)C(=O)NC2CCCCC2)c2ccc(C)c(Cl)c2)cc1. The van der Waals surface area contributed by atoms with Crippen LogP contribution >= 0.6 is 27.5 Å². The fourth-order valence-electron chi connectivity index (χ4n) is 6.03. The second-order valence-electron chi connectivity index (χ2n) is 12.5. The molecule has 0 saturated heterocycles. The quantitative estimate of drug-likeness (QED) is 0.159. The molecule has 1 unspecified atom stereocenters. The van der Waals surface area contributed by atoms with Crippen molar-refractivity contribution >= 4 is 55.1 Å². The molecule has 0 spiro atoms. The van der Waals surface area contributed by atoms with Crippen molar-refractivity contribution in [1.29, 1.82) is 0 Å². The third kappa shape index (κ3) is 9.07. The molecule has 0 aliphatic heterocycles. The van der Waals surface area contributed by atoms with Crippen molar-refractivity contribution in [3.8, 4) is 0 Å². The van der Waals surface area contributed by atoms with Crippen molar-refractivity contribution in [3.05, 3.63) is 129 Å². The van der Waals surface area contributed by atoms with E-state index in [-0.39, 0.29) is 35.5 Å². The molecule has 2 amide bonds. The summed E-state index contributed by atoms with van der Waals surface area (Å²) < 4.78 is 30.5. The van der Waals surface area contributed by atoms with Gasteiger partial charge in [-0.25, -0.2) is 8.42 Å². The lowest BCUT2D eigenvalue weighted by Gasteiger charge is -2.35. The van der Waals surface area contributed by atoms with Gasteiger partial charge in [0, 0.05) is 28.5 Å². The maximum absolute atomic E-state index is 14.7. The summed E-state index contributed by atoms with van der Waals surface area (Å²) in [6.45, 7) is 3.27. The molecule has 1 saturated carbocycles. The fourth-order valence-corrected chi connectivity index (χ4v) is 8.06. The van der Waals surface area contributed by atoms with Gasteiger partial charge in [-0.2, -0.15) is 0 Å². The van der Waals surface area contributed by atoms with Crippen molar-refractivity contribution in [2.75, 3.05) is 10.8 Å². The molecule has 7 nitrogen and oxygen atoms in total. The van der Waals surface area contributed by atoms with E-state index in [4.69, 9.17) is 11.6 Å². The van der Waals surface area contributed by atoms with Gasteiger partial charge in [0.1, 0.15) is 12.6 Å². The number of hydrogen-bond acceptors (Lipinski definition) is 4. The highest BCUT2D eigenvalue weighted by atomic mass is 79.9. The third-order valence-corrected chi connectivity index (χ3v) is 11.5. The van der Waals surface area contributed by atoms with Crippen LogP contribution in [0.4, 0.5) is 5.69 Å². The van der Waals surface area contributed by atoms with Crippen LogP contribution < -0.4 is 9.62 Å². The Morgan fingerprint density at radius 1 is 0.875 bits per heavy atom. The monoisotopic (exact) mass is 749 g/mol. The van der Waals surface area contributed by atoms with Gasteiger partial charge in [-0.1, -0.05) is 113 Å². The molecular formula is C38H41BrClN3O4S. The number of carbonyl (C=O) groups excluding carboxylic acids is 2. The molecule has 1 aliphatic rings. The number of sulfonamides is 1. The van der Waals surface area contributed by atoms with E-state index in [1.165, 1.54) is 17.0 Å². The molecule has 1 fully saturated rings. The van der Waals surface area contributed by atoms with Gasteiger partial charge in [0.2, 0.25) is 11.8 Å². The molecule has 0 heterocycles. The third-order valence-electron chi connectivity index (χ3n) is 8.80. The van der Waals surface area contributed by atoms with Crippen LogP contribution in [0, 0.1) is 13.8 Å². The molecule has 252 valence electrons. The van der Waals surface area contributed by atoms with Crippen LogP contribution in [0.1, 0.15) is 54.4 Å². The van der Waals surface area contributed by atoms with Crippen LogP contribution in [0.2, 0.25) is 5.02 Å². The first-order valence-corrected chi connectivity index (χ1v) is 18.9. The minimum atomic E-state index is -4.22. The molecule has 1 atom stereocenters. The van der Waals surface area contributed by atoms with Gasteiger partial charge in [-0.15, -0.1) is 0 Å². The zero-order valence-electron chi connectivity index (χ0n) is 27.2. The van der Waals surface area contributed by atoms with Crippen LogP contribution in [0.25, 0.3) is 0 Å². The number of benzene rings is 4. The van der Waals surface area contributed by atoms with E-state index >= 15 is 0 Å². The van der Waals surface area contributed by atoms with Crippen LogP contribution in [0.15, 0.2) is 106 Å². The molecule has 0 bridgehead atoms. The number of carbonyl (C=O) groups is 2. The Hall–Kier alpha value is -3.66. The Bertz CT molecular complexity index is 1830. The predicted octanol–water partition coefficient (Wildman–Crippen LogP) is 8.00. The minimum Gasteiger partial charge on any atom is -0.352 e. The Kier molecular flexibility index (Phi) is 12.0. The van der Waals surface area contributed by atoms with E-state index in [2.05, 4.69) is 21.2 Å². The molecular weight excluding hydrogens is 710 g/mol. The lowest BCUT2D eigenvalue weighted by molar-refractivity contribution is -0.140. The Balaban J connectivity index is 1.58. The number of amides is 2. The number of nitrogens with zero attached hydrogens (tertiary/aromatic N) is 2. The van der Waals surface area contributed by atoms with E-state index in [1.807, 2.05) is 68.4 Å². The van der Waals surface area contributed by atoms with Gasteiger partial charge in [0.25, 0.3) is 10.0 Å². The van der Waals surface area contributed by atoms with Crippen LogP contribution in [0.3, 0.4) is 0 Å². The van der Waals surface area contributed by atoms with Gasteiger partial charge < -0.3 is 10.2 Å². The molecule has 0 aromatic heterocycles. The van der Waals surface area contributed by atoms with Gasteiger partial charge in [0.05, 0.1) is 10.6 Å². The topological polar surface area (TPSA) is 86.8 Å². The molecule has 48 heavy (non-hydrogen) atoms. The smallest absolute Gasteiger partial charge is 0.264 e. The van der Waals surface area contributed by atoms with E-state index < -0.39 is 28.5 Å². The van der Waals surface area contributed by atoms with Crippen molar-refractivity contribution in [1.82, 2.24) is 10.2 Å². The highest BCUT2D eigenvalue weighted by Crippen LogP contribution is 2.29. The predicted molar refractivity (Wildman–Crippen MR) is 196 cm³/mol. The number of anilines is 1. The highest BCUT2D eigenvalue weighted by Gasteiger charge is 2.35. The maximum Gasteiger partial charge on any atom is 0.264 e. The molecule has 5 rings (SSSR count). The zero-order chi connectivity index (χ0) is 34.3. The summed E-state index contributed by atoms with van der Waals surface area (Å²) in [7, 11) is -4.22. The van der Waals surface area contributed by atoms with Gasteiger partial charge in [-0.3, -0.25) is 13.9 Å². The fraction of sp³-hybridized carbons (Fsp3) is 0.316. The Morgan fingerprint density at radius 3 is 2.23 bits per heavy atom. The molecule has 4 aromatic rings.